The molecule has 6 atom stereocenters. The molecule has 5 aliphatic rings. The topological polar surface area (TPSA) is 103 Å². The summed E-state index contributed by atoms with van der Waals surface area (Å²) in [5.41, 5.74) is 0.0874. The zero-order valence-electron chi connectivity index (χ0n) is 21.0. The van der Waals surface area contributed by atoms with Gasteiger partial charge in [0.15, 0.2) is 0 Å². The Kier molecular flexibility index (Phi) is 6.69. The van der Waals surface area contributed by atoms with E-state index in [4.69, 9.17) is 4.98 Å². The molecule has 1 amide bonds. The molecule has 2 heterocycles. The fraction of sp³-hybridized carbons (Fsp3) is 0.750. The molecular formula is C28H39N3O4S. The molecule has 196 valence electrons. The van der Waals surface area contributed by atoms with E-state index >= 15 is 0 Å². The van der Waals surface area contributed by atoms with Crippen molar-refractivity contribution in [1.82, 2.24) is 10.3 Å². The molecule has 3 N–H and O–H groups in total. The van der Waals surface area contributed by atoms with Gasteiger partial charge in [-0.05, 0) is 94.1 Å². The van der Waals surface area contributed by atoms with Crippen LogP contribution in [0.2, 0.25) is 0 Å². The monoisotopic (exact) mass is 513 g/mol. The summed E-state index contributed by atoms with van der Waals surface area (Å²) in [5.74, 6) is 1.34. The zero-order valence-corrected chi connectivity index (χ0v) is 21.8. The summed E-state index contributed by atoms with van der Waals surface area (Å²) >= 11 is 1.71. The molecule has 0 spiro atoms. The fourth-order valence-corrected chi connectivity index (χ4v) is 9.32. The number of aromatic nitrogens is 1. The van der Waals surface area contributed by atoms with Crippen molar-refractivity contribution >= 4 is 29.5 Å². The molecule has 36 heavy (non-hydrogen) atoms. The lowest BCUT2D eigenvalue weighted by molar-refractivity contribution is -0.138. The summed E-state index contributed by atoms with van der Waals surface area (Å²) in [6.07, 6.45) is 13.3. The van der Waals surface area contributed by atoms with Crippen molar-refractivity contribution in [3.05, 3.63) is 17.7 Å². The first-order chi connectivity index (χ1) is 17.4. The van der Waals surface area contributed by atoms with Crippen LogP contribution in [0.15, 0.2) is 17.2 Å². The molecular weight excluding hydrogens is 474 g/mol. The van der Waals surface area contributed by atoms with Gasteiger partial charge >= 0.3 is 5.97 Å². The minimum absolute atomic E-state index is 0.0711. The number of pyridine rings is 1. The molecule has 6 rings (SSSR count). The molecule has 0 radical (unpaired) electrons. The Morgan fingerprint density at radius 2 is 1.75 bits per heavy atom. The van der Waals surface area contributed by atoms with Crippen LogP contribution in [0.3, 0.4) is 0 Å². The molecule has 1 aliphatic heterocycles. The van der Waals surface area contributed by atoms with Crippen LogP contribution < -0.4 is 10.2 Å². The minimum atomic E-state index is -0.809. The second-order valence-corrected chi connectivity index (χ2v) is 13.4. The van der Waals surface area contributed by atoms with Gasteiger partial charge in [-0.15, -0.1) is 11.8 Å². The lowest BCUT2D eigenvalue weighted by Crippen LogP contribution is -2.45. The first kappa shape index (κ1) is 24.5. The summed E-state index contributed by atoms with van der Waals surface area (Å²) in [7, 11) is 0. The highest BCUT2D eigenvalue weighted by Crippen LogP contribution is 2.55. The highest BCUT2D eigenvalue weighted by Gasteiger charge is 2.53. The number of hydrogen-bond acceptors (Lipinski definition) is 6. The van der Waals surface area contributed by atoms with Crippen LogP contribution in [0.4, 0.5) is 5.82 Å². The summed E-state index contributed by atoms with van der Waals surface area (Å²) in [5, 5.41) is 25.3. The third-order valence-electron chi connectivity index (χ3n) is 9.69. The smallest absolute Gasteiger partial charge is 0.326 e. The summed E-state index contributed by atoms with van der Waals surface area (Å²) in [6, 6.07) is 3.25. The summed E-state index contributed by atoms with van der Waals surface area (Å²) < 4.78 is 0. The van der Waals surface area contributed by atoms with Gasteiger partial charge in [0, 0.05) is 17.8 Å². The summed E-state index contributed by atoms with van der Waals surface area (Å²) in [4.78, 5) is 32.3. The molecule has 1 aromatic heterocycles. The van der Waals surface area contributed by atoms with E-state index in [0.29, 0.717) is 47.4 Å². The quantitative estimate of drug-likeness (QED) is 0.510. The molecule has 0 aromatic carbocycles. The van der Waals surface area contributed by atoms with E-state index < -0.39 is 17.6 Å². The Bertz CT molecular complexity index is 1010. The van der Waals surface area contributed by atoms with E-state index in [0.717, 1.165) is 62.8 Å². The van der Waals surface area contributed by atoms with E-state index in [9.17, 15) is 19.8 Å². The second kappa shape index (κ2) is 9.82. The lowest BCUT2D eigenvalue weighted by atomic mass is 9.75. The third kappa shape index (κ3) is 4.75. The maximum atomic E-state index is 13.7. The molecule has 8 heteroatoms. The van der Waals surface area contributed by atoms with Crippen molar-refractivity contribution in [3.63, 3.8) is 0 Å². The van der Waals surface area contributed by atoms with Crippen molar-refractivity contribution in [2.45, 2.75) is 111 Å². The largest absolute Gasteiger partial charge is 0.480 e. The number of fused-ring (bicyclic) bond motifs is 2. The zero-order chi connectivity index (χ0) is 24.9. The number of carboxylic acids is 1. The predicted molar refractivity (Wildman–Crippen MR) is 139 cm³/mol. The Balaban J connectivity index is 1.24. The highest BCUT2D eigenvalue weighted by atomic mass is 32.2. The van der Waals surface area contributed by atoms with Gasteiger partial charge in [-0.25, -0.2) is 9.78 Å². The predicted octanol–water partition coefficient (Wildman–Crippen LogP) is 4.62. The number of anilines is 1. The van der Waals surface area contributed by atoms with Crippen LogP contribution in [0, 0.1) is 17.8 Å². The summed E-state index contributed by atoms with van der Waals surface area (Å²) in [6.45, 7) is 0.679. The van der Waals surface area contributed by atoms with Crippen LogP contribution >= 0.6 is 11.8 Å². The van der Waals surface area contributed by atoms with Gasteiger partial charge in [0.25, 0.3) is 5.91 Å². The van der Waals surface area contributed by atoms with Crippen LogP contribution in [0.5, 0.6) is 0 Å². The van der Waals surface area contributed by atoms with E-state index in [1.54, 1.807) is 11.8 Å². The standard InChI is InChI=1S/C28H39N3O4S/c32-25(29-22-10-8-17-14-28(35)15-18(17)13-19(22)16-28)21-9-11-24(31-12-4-7-23(31)27(33)34)30-26(21)36-20-5-2-1-3-6-20/h9,11,17-20,22-23,35H,1-8,10,12-16H2,(H,29,32)(H,33,34)/t17?,18?,19?,22-,23?,28-/m1/s1. The fourth-order valence-electron chi connectivity index (χ4n) is 8.00. The van der Waals surface area contributed by atoms with Crippen LogP contribution in [0.25, 0.3) is 0 Å². The molecule has 3 bridgehead atoms. The van der Waals surface area contributed by atoms with Gasteiger partial charge in [0.2, 0.25) is 0 Å². The average Bonchev–Trinajstić information content (AvgIpc) is 3.41. The number of carbonyl (C=O) groups excluding carboxylic acids is 1. The van der Waals surface area contributed by atoms with E-state index in [2.05, 4.69) is 5.32 Å². The number of nitrogens with zero attached hydrogens (tertiary/aromatic N) is 2. The highest BCUT2D eigenvalue weighted by molar-refractivity contribution is 7.99. The lowest BCUT2D eigenvalue weighted by Gasteiger charge is -2.38. The number of thioether (sulfide) groups is 1. The third-order valence-corrected chi connectivity index (χ3v) is 11.0. The molecule has 4 saturated carbocycles. The molecule has 5 fully saturated rings. The van der Waals surface area contributed by atoms with E-state index in [1.165, 1.54) is 19.3 Å². The number of hydrogen-bond donors (Lipinski definition) is 3. The number of nitrogens with one attached hydrogen (secondary N) is 1. The maximum absolute atomic E-state index is 13.7. The Hall–Kier alpha value is -1.80. The van der Waals surface area contributed by atoms with Crippen molar-refractivity contribution in [3.8, 4) is 0 Å². The van der Waals surface area contributed by atoms with Crippen molar-refractivity contribution in [1.29, 1.82) is 0 Å². The maximum Gasteiger partial charge on any atom is 0.326 e. The molecule has 4 unspecified atom stereocenters. The van der Waals surface area contributed by atoms with Gasteiger partial charge in [0.05, 0.1) is 11.2 Å². The van der Waals surface area contributed by atoms with E-state index in [1.807, 2.05) is 17.0 Å². The number of aliphatic hydroxyl groups is 1. The SMILES string of the molecule is O=C(N[C@@H]1CCC2C[C@@]3(O)CC2CC1C3)c1ccc(N2CCCC2C(=O)O)nc1SC1CCCCC1. The molecule has 1 saturated heterocycles. The Morgan fingerprint density at radius 1 is 0.972 bits per heavy atom. The molecule has 7 nitrogen and oxygen atoms in total. The normalized spacial score (nSPS) is 36.1. The van der Waals surface area contributed by atoms with Gasteiger partial charge in [-0.2, -0.15) is 0 Å². The molecule has 1 aromatic rings. The van der Waals surface area contributed by atoms with Gasteiger partial charge in [0.1, 0.15) is 16.9 Å². The first-order valence-corrected chi connectivity index (χ1v) is 15.0. The number of rotatable bonds is 6. The number of carboxylic acid groups (broad SMARTS) is 1. The first-order valence-electron chi connectivity index (χ1n) is 14.1. The second-order valence-electron chi connectivity index (χ2n) is 12.1. The van der Waals surface area contributed by atoms with Gasteiger partial charge in [-0.1, -0.05) is 19.3 Å². The van der Waals surface area contributed by atoms with Gasteiger partial charge < -0.3 is 20.4 Å². The molecule has 4 aliphatic carbocycles. The number of aliphatic carboxylic acids is 1. The van der Waals surface area contributed by atoms with Crippen molar-refractivity contribution in [2.75, 3.05) is 11.4 Å². The number of amides is 1. The Morgan fingerprint density at radius 3 is 2.56 bits per heavy atom. The van der Waals surface area contributed by atoms with Crippen molar-refractivity contribution in [2.24, 2.45) is 17.8 Å². The van der Waals surface area contributed by atoms with Crippen LogP contribution in [0.1, 0.15) is 93.8 Å². The average molecular weight is 514 g/mol. The van der Waals surface area contributed by atoms with E-state index in [-0.39, 0.29) is 11.9 Å². The van der Waals surface area contributed by atoms with Crippen LogP contribution in [-0.2, 0) is 4.79 Å². The number of carbonyl (C=O) groups is 2. The Labute approximate surface area is 217 Å². The van der Waals surface area contributed by atoms with Crippen molar-refractivity contribution < 1.29 is 19.8 Å². The minimum Gasteiger partial charge on any atom is -0.480 e. The van der Waals surface area contributed by atoms with Crippen LogP contribution in [-0.4, -0.2) is 56.6 Å². The van der Waals surface area contributed by atoms with Gasteiger partial charge in [-0.3, -0.25) is 4.79 Å².